The maximum absolute atomic E-state index is 10.5. The average Bonchev–Trinajstić information content (AvgIpc) is 2.82. The van der Waals surface area contributed by atoms with Crippen LogP contribution in [-0.2, 0) is 11.2 Å². The highest BCUT2D eigenvalue weighted by atomic mass is 16.4. The van der Waals surface area contributed by atoms with Crippen LogP contribution in [0.25, 0.3) is 11.5 Å². The Labute approximate surface area is 98.9 Å². The lowest BCUT2D eigenvalue weighted by Gasteiger charge is -2.05. The van der Waals surface area contributed by atoms with Crippen LogP contribution < -0.4 is 0 Å². The first-order chi connectivity index (χ1) is 8.27. The number of hydrogen-bond donors (Lipinski definition) is 1. The number of carboxylic acid groups (broad SMARTS) is 1. The van der Waals surface area contributed by atoms with Crippen LogP contribution in [-0.4, -0.2) is 16.1 Å². The fourth-order valence-electron chi connectivity index (χ4n) is 1.73. The van der Waals surface area contributed by atoms with Crippen molar-refractivity contribution in [3.05, 3.63) is 42.3 Å². The van der Waals surface area contributed by atoms with Gasteiger partial charge in [0.25, 0.3) is 0 Å². The summed E-state index contributed by atoms with van der Waals surface area (Å²) < 4.78 is 5.26. The van der Waals surface area contributed by atoms with Crippen molar-refractivity contribution < 1.29 is 14.3 Å². The second kappa shape index (κ2) is 5.30. The van der Waals surface area contributed by atoms with Crippen LogP contribution in [0.1, 0.15) is 18.4 Å². The predicted molar refractivity (Wildman–Crippen MR) is 62.5 cm³/mol. The van der Waals surface area contributed by atoms with E-state index in [1.54, 1.807) is 6.20 Å². The van der Waals surface area contributed by atoms with Crippen LogP contribution in [0.3, 0.4) is 0 Å². The highest BCUT2D eigenvalue weighted by molar-refractivity contribution is 5.66. The number of rotatable bonds is 5. The predicted octanol–water partition coefficient (Wildman–Crippen LogP) is 2.75. The van der Waals surface area contributed by atoms with Gasteiger partial charge in [-0.05, 0) is 24.5 Å². The molecule has 0 bridgehead atoms. The second-order valence-corrected chi connectivity index (χ2v) is 3.74. The standard InChI is InChI=1S/C13H13NO3/c15-12(16)7-3-5-10-4-1-2-6-11(10)13-14-8-9-17-13/h1-2,4,6,8-9H,3,5,7H2,(H,15,16). The Bertz CT molecular complexity index is 491. The van der Waals surface area contributed by atoms with E-state index >= 15 is 0 Å². The number of hydrogen-bond acceptors (Lipinski definition) is 3. The molecule has 1 aromatic heterocycles. The van der Waals surface area contributed by atoms with Gasteiger partial charge in [-0.3, -0.25) is 4.79 Å². The zero-order valence-corrected chi connectivity index (χ0v) is 9.30. The first-order valence-electron chi connectivity index (χ1n) is 5.47. The number of aliphatic carboxylic acids is 1. The van der Waals surface area contributed by atoms with E-state index in [4.69, 9.17) is 9.52 Å². The molecule has 0 unspecified atom stereocenters. The minimum atomic E-state index is -0.765. The van der Waals surface area contributed by atoms with Crippen molar-refractivity contribution in [3.8, 4) is 11.5 Å². The second-order valence-electron chi connectivity index (χ2n) is 3.74. The van der Waals surface area contributed by atoms with Gasteiger partial charge >= 0.3 is 5.97 Å². The van der Waals surface area contributed by atoms with Crippen LogP contribution in [0.15, 0.2) is 41.1 Å². The van der Waals surface area contributed by atoms with Crippen molar-refractivity contribution in [3.63, 3.8) is 0 Å². The van der Waals surface area contributed by atoms with Crippen LogP contribution in [0.4, 0.5) is 0 Å². The van der Waals surface area contributed by atoms with E-state index in [2.05, 4.69) is 4.98 Å². The molecular weight excluding hydrogens is 218 g/mol. The Kier molecular flexibility index (Phi) is 3.55. The fraction of sp³-hybridized carbons (Fsp3) is 0.231. The molecule has 0 saturated heterocycles. The third-order valence-electron chi connectivity index (χ3n) is 2.52. The smallest absolute Gasteiger partial charge is 0.303 e. The monoisotopic (exact) mass is 231 g/mol. The summed E-state index contributed by atoms with van der Waals surface area (Å²) in [6, 6.07) is 7.76. The molecule has 0 aliphatic heterocycles. The summed E-state index contributed by atoms with van der Waals surface area (Å²) in [5.74, 6) is -0.186. The normalized spacial score (nSPS) is 10.4. The molecule has 0 aliphatic carbocycles. The molecule has 4 nitrogen and oxygen atoms in total. The van der Waals surface area contributed by atoms with Gasteiger partial charge in [-0.25, -0.2) is 4.98 Å². The van der Waals surface area contributed by atoms with E-state index in [0.717, 1.165) is 11.1 Å². The number of carboxylic acids is 1. The minimum Gasteiger partial charge on any atom is -0.481 e. The van der Waals surface area contributed by atoms with Gasteiger partial charge in [0.1, 0.15) is 6.26 Å². The summed E-state index contributed by atoms with van der Waals surface area (Å²) in [4.78, 5) is 14.6. The van der Waals surface area contributed by atoms with Gasteiger partial charge in [-0.1, -0.05) is 18.2 Å². The Morgan fingerprint density at radius 3 is 2.88 bits per heavy atom. The van der Waals surface area contributed by atoms with Crippen molar-refractivity contribution in [1.29, 1.82) is 0 Å². The van der Waals surface area contributed by atoms with E-state index in [1.807, 2.05) is 24.3 Å². The first kappa shape index (κ1) is 11.4. The zero-order chi connectivity index (χ0) is 12.1. The summed E-state index contributed by atoms with van der Waals surface area (Å²) in [6.07, 6.45) is 4.64. The summed E-state index contributed by atoms with van der Waals surface area (Å²) in [5.41, 5.74) is 2.00. The quantitative estimate of drug-likeness (QED) is 0.859. The number of benzene rings is 1. The van der Waals surface area contributed by atoms with Gasteiger partial charge in [0.2, 0.25) is 5.89 Å². The lowest BCUT2D eigenvalue weighted by molar-refractivity contribution is -0.137. The van der Waals surface area contributed by atoms with Gasteiger partial charge in [0.15, 0.2) is 0 Å². The van der Waals surface area contributed by atoms with E-state index in [9.17, 15) is 4.79 Å². The van der Waals surface area contributed by atoms with E-state index < -0.39 is 5.97 Å². The van der Waals surface area contributed by atoms with Crippen LogP contribution >= 0.6 is 0 Å². The first-order valence-corrected chi connectivity index (χ1v) is 5.47. The average molecular weight is 231 g/mol. The highest BCUT2D eigenvalue weighted by Gasteiger charge is 2.08. The van der Waals surface area contributed by atoms with Crippen molar-refractivity contribution in [1.82, 2.24) is 4.98 Å². The van der Waals surface area contributed by atoms with E-state index in [1.165, 1.54) is 6.26 Å². The van der Waals surface area contributed by atoms with Crippen LogP contribution in [0.2, 0.25) is 0 Å². The molecule has 0 saturated carbocycles. The zero-order valence-electron chi connectivity index (χ0n) is 9.30. The number of aromatic nitrogens is 1. The molecule has 0 radical (unpaired) electrons. The maximum Gasteiger partial charge on any atom is 0.303 e. The van der Waals surface area contributed by atoms with Gasteiger partial charge in [-0.2, -0.15) is 0 Å². The lowest BCUT2D eigenvalue weighted by atomic mass is 10.0. The fourth-order valence-corrected chi connectivity index (χ4v) is 1.73. The molecule has 17 heavy (non-hydrogen) atoms. The summed E-state index contributed by atoms with van der Waals surface area (Å²) in [7, 11) is 0. The topological polar surface area (TPSA) is 63.3 Å². The van der Waals surface area contributed by atoms with Crippen molar-refractivity contribution >= 4 is 5.97 Å². The number of oxazole rings is 1. The summed E-state index contributed by atoms with van der Waals surface area (Å²) in [6.45, 7) is 0. The van der Waals surface area contributed by atoms with Crippen LogP contribution in [0, 0.1) is 0 Å². The molecule has 88 valence electrons. The molecule has 2 aromatic rings. The third kappa shape index (κ3) is 2.93. The van der Waals surface area contributed by atoms with Gasteiger partial charge in [0, 0.05) is 12.0 Å². The molecule has 4 heteroatoms. The highest BCUT2D eigenvalue weighted by Crippen LogP contribution is 2.23. The molecule has 1 aromatic carbocycles. The van der Waals surface area contributed by atoms with Crippen molar-refractivity contribution in [2.45, 2.75) is 19.3 Å². The SMILES string of the molecule is O=C(O)CCCc1ccccc1-c1ncco1. The summed E-state index contributed by atoms with van der Waals surface area (Å²) >= 11 is 0. The van der Waals surface area contributed by atoms with Gasteiger partial charge in [-0.15, -0.1) is 0 Å². The lowest BCUT2D eigenvalue weighted by Crippen LogP contribution is -1.97. The Hall–Kier alpha value is -2.10. The number of aryl methyl sites for hydroxylation is 1. The number of nitrogens with zero attached hydrogens (tertiary/aromatic N) is 1. The molecule has 0 aliphatic rings. The molecule has 0 amide bonds. The molecule has 1 N–H and O–H groups in total. The van der Waals surface area contributed by atoms with E-state index in [0.29, 0.717) is 18.7 Å². The van der Waals surface area contributed by atoms with Crippen LogP contribution in [0.5, 0.6) is 0 Å². The molecule has 0 spiro atoms. The molecule has 2 rings (SSSR count). The maximum atomic E-state index is 10.5. The molecular formula is C13H13NO3. The molecule has 1 heterocycles. The minimum absolute atomic E-state index is 0.180. The van der Waals surface area contributed by atoms with Crippen molar-refractivity contribution in [2.24, 2.45) is 0 Å². The van der Waals surface area contributed by atoms with Gasteiger partial charge < -0.3 is 9.52 Å². The third-order valence-corrected chi connectivity index (χ3v) is 2.52. The van der Waals surface area contributed by atoms with Gasteiger partial charge in [0.05, 0.1) is 6.20 Å². The summed E-state index contributed by atoms with van der Waals surface area (Å²) in [5, 5.41) is 8.61. The Balaban J connectivity index is 2.14. The number of carbonyl (C=O) groups is 1. The molecule has 0 atom stereocenters. The Morgan fingerprint density at radius 2 is 2.18 bits per heavy atom. The van der Waals surface area contributed by atoms with Crippen molar-refractivity contribution in [2.75, 3.05) is 0 Å². The Morgan fingerprint density at radius 1 is 1.35 bits per heavy atom. The van der Waals surface area contributed by atoms with E-state index in [-0.39, 0.29) is 6.42 Å². The molecule has 0 fully saturated rings. The largest absolute Gasteiger partial charge is 0.481 e.